The van der Waals surface area contributed by atoms with Crippen LogP contribution in [0, 0.1) is 17.2 Å². The molecule has 1 amide bonds. The van der Waals surface area contributed by atoms with Crippen LogP contribution in [0.1, 0.15) is 28.4 Å². The van der Waals surface area contributed by atoms with Crippen LogP contribution in [-0.2, 0) is 17.6 Å². The Morgan fingerprint density at radius 2 is 1.74 bits per heavy atom. The number of nitrogens with zero attached hydrogens (tertiary/aromatic N) is 1. The van der Waals surface area contributed by atoms with Crippen molar-refractivity contribution in [3.8, 4) is 11.8 Å². The molecule has 6 heteroatoms. The van der Waals surface area contributed by atoms with Crippen LogP contribution in [0.15, 0.2) is 48.5 Å². The summed E-state index contributed by atoms with van der Waals surface area (Å²) in [6.07, 6.45) is 0.591. The number of nitrogens with one attached hydrogen (secondary N) is 1. The highest BCUT2D eigenvalue weighted by Gasteiger charge is 2.19. The molecule has 2 N–H and O–H groups in total. The molecular formula is C21H22N2O4. The fourth-order valence-corrected chi connectivity index (χ4v) is 2.60. The molecule has 0 aromatic heterocycles. The minimum absolute atomic E-state index is 0.0291. The maximum absolute atomic E-state index is 12.2. The first-order valence-electron chi connectivity index (χ1n) is 8.72. The first-order chi connectivity index (χ1) is 13.0. The molecule has 27 heavy (non-hydrogen) atoms. The van der Waals surface area contributed by atoms with Gasteiger partial charge >= 0.3 is 5.97 Å². The highest BCUT2D eigenvalue weighted by Crippen LogP contribution is 2.15. The second-order valence-electron chi connectivity index (χ2n) is 6.06. The van der Waals surface area contributed by atoms with E-state index in [4.69, 9.17) is 10.00 Å². The summed E-state index contributed by atoms with van der Waals surface area (Å²) in [6, 6.07) is 16.0. The van der Waals surface area contributed by atoms with Gasteiger partial charge in [-0.05, 0) is 48.7 Å². The second kappa shape index (κ2) is 9.97. The van der Waals surface area contributed by atoms with Crippen LogP contribution in [0.2, 0.25) is 0 Å². The van der Waals surface area contributed by atoms with Crippen molar-refractivity contribution in [1.29, 1.82) is 5.26 Å². The number of carbonyl (C=O) groups is 2. The summed E-state index contributed by atoms with van der Waals surface area (Å²) in [5, 5.41) is 20.8. The van der Waals surface area contributed by atoms with Crippen LogP contribution in [0.25, 0.3) is 0 Å². The summed E-state index contributed by atoms with van der Waals surface area (Å²) in [6.45, 7) is 2.50. The molecule has 2 aromatic carbocycles. The van der Waals surface area contributed by atoms with E-state index in [0.29, 0.717) is 18.6 Å². The predicted octanol–water partition coefficient (Wildman–Crippen LogP) is 2.82. The number of carbonyl (C=O) groups excluding carboxylic acids is 1. The molecule has 0 saturated carbocycles. The van der Waals surface area contributed by atoms with E-state index >= 15 is 0 Å². The molecule has 2 aromatic rings. The Morgan fingerprint density at radius 1 is 1.11 bits per heavy atom. The summed E-state index contributed by atoms with van der Waals surface area (Å²) in [4.78, 5) is 23.8. The van der Waals surface area contributed by atoms with Crippen LogP contribution in [0.5, 0.6) is 5.75 Å². The van der Waals surface area contributed by atoms with Crippen LogP contribution in [-0.4, -0.2) is 30.1 Å². The number of nitriles is 1. The van der Waals surface area contributed by atoms with Gasteiger partial charge in [0.05, 0.1) is 25.0 Å². The molecular weight excluding hydrogens is 344 g/mol. The van der Waals surface area contributed by atoms with Gasteiger partial charge in [0.15, 0.2) is 0 Å². The molecule has 0 heterocycles. The molecule has 140 valence electrons. The van der Waals surface area contributed by atoms with Gasteiger partial charge in [-0.2, -0.15) is 5.26 Å². The zero-order chi connectivity index (χ0) is 19.6. The fourth-order valence-electron chi connectivity index (χ4n) is 2.60. The number of hydrogen-bond acceptors (Lipinski definition) is 4. The lowest BCUT2D eigenvalue weighted by Gasteiger charge is -2.14. The molecule has 0 bridgehead atoms. The normalized spacial score (nSPS) is 11.3. The highest BCUT2D eigenvalue weighted by atomic mass is 16.5. The first kappa shape index (κ1) is 20.0. The predicted molar refractivity (Wildman–Crippen MR) is 101 cm³/mol. The van der Waals surface area contributed by atoms with E-state index in [-0.39, 0.29) is 18.9 Å². The molecule has 6 nitrogen and oxygen atoms in total. The number of carboxylic acids is 1. The summed E-state index contributed by atoms with van der Waals surface area (Å²) >= 11 is 0. The topological polar surface area (TPSA) is 99.4 Å². The van der Waals surface area contributed by atoms with E-state index in [1.807, 2.05) is 25.1 Å². The van der Waals surface area contributed by atoms with Crippen molar-refractivity contribution in [3.05, 3.63) is 65.2 Å². The Balaban J connectivity index is 1.94. The van der Waals surface area contributed by atoms with Gasteiger partial charge in [-0.25, -0.2) is 0 Å². The minimum Gasteiger partial charge on any atom is -0.494 e. The van der Waals surface area contributed by atoms with Gasteiger partial charge in [-0.15, -0.1) is 0 Å². The Labute approximate surface area is 158 Å². The summed E-state index contributed by atoms with van der Waals surface area (Å²) in [5.74, 6) is -1.30. The van der Waals surface area contributed by atoms with E-state index < -0.39 is 11.9 Å². The quantitative estimate of drug-likeness (QED) is 0.711. The van der Waals surface area contributed by atoms with Gasteiger partial charge in [0.25, 0.3) is 5.91 Å². The molecule has 0 spiro atoms. The van der Waals surface area contributed by atoms with E-state index in [1.54, 1.807) is 36.4 Å². The molecule has 2 rings (SSSR count). The largest absolute Gasteiger partial charge is 0.494 e. The van der Waals surface area contributed by atoms with Crippen molar-refractivity contribution < 1.29 is 19.4 Å². The van der Waals surface area contributed by atoms with Gasteiger partial charge in [0.1, 0.15) is 5.75 Å². The third kappa shape index (κ3) is 6.15. The lowest BCUT2D eigenvalue weighted by atomic mass is 9.99. The van der Waals surface area contributed by atoms with Crippen molar-refractivity contribution in [2.75, 3.05) is 13.2 Å². The maximum atomic E-state index is 12.2. The molecule has 0 saturated heterocycles. The molecule has 0 aliphatic carbocycles. The number of rotatable bonds is 9. The monoisotopic (exact) mass is 366 g/mol. The Morgan fingerprint density at radius 3 is 2.30 bits per heavy atom. The van der Waals surface area contributed by atoms with Crippen molar-refractivity contribution in [1.82, 2.24) is 5.32 Å². The van der Waals surface area contributed by atoms with Gasteiger partial charge in [0, 0.05) is 12.1 Å². The average molecular weight is 366 g/mol. The molecule has 0 aliphatic rings. The third-order valence-corrected chi connectivity index (χ3v) is 4.07. The average Bonchev–Trinajstić information content (AvgIpc) is 2.67. The molecule has 0 aliphatic heterocycles. The second-order valence-corrected chi connectivity index (χ2v) is 6.06. The number of benzene rings is 2. The number of ether oxygens (including phenoxy) is 1. The lowest BCUT2D eigenvalue weighted by molar-refractivity contribution is -0.141. The van der Waals surface area contributed by atoms with Crippen molar-refractivity contribution in [2.45, 2.75) is 19.8 Å². The van der Waals surface area contributed by atoms with Crippen LogP contribution in [0.3, 0.4) is 0 Å². The molecule has 1 unspecified atom stereocenters. The van der Waals surface area contributed by atoms with E-state index in [9.17, 15) is 14.7 Å². The number of carboxylic acid groups (broad SMARTS) is 1. The van der Waals surface area contributed by atoms with E-state index in [0.717, 1.165) is 16.9 Å². The standard InChI is InChI=1S/C21H22N2O4/c1-2-27-19-9-5-16(6-10-19)13-18(21(25)26)14-23-20(24)17-7-3-15(4-8-17)11-12-22/h3-10,18H,2,11,13-14H2,1H3,(H,23,24)(H,25,26). The number of aliphatic carboxylic acids is 1. The first-order valence-corrected chi connectivity index (χ1v) is 8.72. The Bertz CT molecular complexity index is 808. The van der Waals surface area contributed by atoms with Gasteiger partial charge < -0.3 is 15.2 Å². The maximum Gasteiger partial charge on any atom is 0.308 e. The van der Waals surface area contributed by atoms with E-state index in [1.165, 1.54) is 0 Å². The Hall–Kier alpha value is -3.33. The van der Waals surface area contributed by atoms with E-state index in [2.05, 4.69) is 5.32 Å². The van der Waals surface area contributed by atoms with Crippen LogP contribution < -0.4 is 10.1 Å². The zero-order valence-corrected chi connectivity index (χ0v) is 15.1. The van der Waals surface area contributed by atoms with Crippen LogP contribution >= 0.6 is 0 Å². The fraction of sp³-hybridized carbons (Fsp3) is 0.286. The van der Waals surface area contributed by atoms with Crippen molar-refractivity contribution in [3.63, 3.8) is 0 Å². The molecule has 1 atom stereocenters. The number of hydrogen-bond donors (Lipinski definition) is 2. The summed E-state index contributed by atoms with van der Waals surface area (Å²) in [7, 11) is 0. The van der Waals surface area contributed by atoms with Gasteiger partial charge in [0.2, 0.25) is 0 Å². The Kier molecular flexibility index (Phi) is 7.38. The van der Waals surface area contributed by atoms with Crippen molar-refractivity contribution >= 4 is 11.9 Å². The summed E-state index contributed by atoms with van der Waals surface area (Å²) in [5.41, 5.74) is 2.12. The molecule has 0 radical (unpaired) electrons. The lowest BCUT2D eigenvalue weighted by Crippen LogP contribution is -2.34. The SMILES string of the molecule is CCOc1ccc(CC(CNC(=O)c2ccc(CC#N)cc2)C(=O)O)cc1. The molecule has 0 fully saturated rings. The zero-order valence-electron chi connectivity index (χ0n) is 15.1. The van der Waals surface area contributed by atoms with Gasteiger partial charge in [-0.1, -0.05) is 24.3 Å². The summed E-state index contributed by atoms with van der Waals surface area (Å²) < 4.78 is 5.37. The third-order valence-electron chi connectivity index (χ3n) is 4.07. The van der Waals surface area contributed by atoms with Crippen molar-refractivity contribution in [2.24, 2.45) is 5.92 Å². The number of amides is 1. The highest BCUT2D eigenvalue weighted by molar-refractivity contribution is 5.94. The van der Waals surface area contributed by atoms with Gasteiger partial charge in [-0.3, -0.25) is 9.59 Å². The smallest absolute Gasteiger partial charge is 0.308 e. The van der Waals surface area contributed by atoms with Crippen LogP contribution in [0.4, 0.5) is 0 Å². The minimum atomic E-state index is -0.964.